The summed E-state index contributed by atoms with van der Waals surface area (Å²) in [5, 5.41) is 8.14. The molecule has 4 nitrogen and oxygen atoms in total. The fourth-order valence-electron chi connectivity index (χ4n) is 5.08. The number of hydrogen-bond acceptors (Lipinski definition) is 4. The summed E-state index contributed by atoms with van der Waals surface area (Å²) in [6.07, 6.45) is 7.64. The minimum Gasteiger partial charge on any atom is -0.256 e. The van der Waals surface area contributed by atoms with Gasteiger partial charge in [-0.15, -0.1) is 0 Å². The molecule has 188 valence electrons. The van der Waals surface area contributed by atoms with E-state index < -0.39 is 0 Å². The Morgan fingerprint density at radius 2 is 0.500 bits per heavy atom. The lowest BCUT2D eigenvalue weighted by Crippen LogP contribution is -1.82. The van der Waals surface area contributed by atoms with Crippen molar-refractivity contribution >= 4 is 65.2 Å². The molecule has 0 aliphatic rings. The lowest BCUT2D eigenvalue weighted by molar-refractivity contribution is 1.42. The van der Waals surface area contributed by atoms with Crippen LogP contribution in [0.2, 0.25) is 0 Å². The Bertz CT molecular complexity index is 1930. The maximum atomic E-state index is 4.95. The largest absolute Gasteiger partial charge is 0.256 e. The first kappa shape index (κ1) is 23.6. The molecule has 0 aliphatic heterocycles. The molecule has 0 spiro atoms. The zero-order valence-electron chi connectivity index (χ0n) is 21.6. The quantitative estimate of drug-likeness (QED) is 0.203. The molecule has 40 heavy (non-hydrogen) atoms. The summed E-state index contributed by atoms with van der Waals surface area (Å²) >= 11 is 0. The zero-order valence-corrected chi connectivity index (χ0v) is 21.6. The van der Waals surface area contributed by atoms with Gasteiger partial charge in [-0.05, 0) is 35.0 Å². The van der Waals surface area contributed by atoms with E-state index in [2.05, 4.69) is 48.5 Å². The highest BCUT2D eigenvalue weighted by Gasteiger charge is 2.02. The molecule has 0 unspecified atom stereocenters. The summed E-state index contributed by atoms with van der Waals surface area (Å²) < 4.78 is 0. The first-order chi connectivity index (χ1) is 19.8. The number of rotatable bonds is 0. The second kappa shape index (κ2) is 10.4. The molecule has 7 rings (SSSR count). The number of nitrogens with zero attached hydrogens (tertiary/aromatic N) is 4. The molecule has 0 bridgehead atoms. The molecular formula is C36H24N4. The molecule has 4 heteroatoms. The second-order valence-corrected chi connectivity index (χ2v) is 9.60. The van der Waals surface area contributed by atoms with Crippen molar-refractivity contribution in [1.29, 1.82) is 0 Å². The summed E-state index contributed by atoms with van der Waals surface area (Å²) in [6.45, 7) is 0. The van der Waals surface area contributed by atoms with Gasteiger partial charge in [0.05, 0.1) is 22.1 Å². The van der Waals surface area contributed by atoms with Crippen LogP contribution in [-0.2, 0) is 0 Å². The van der Waals surface area contributed by atoms with Gasteiger partial charge in [0.25, 0.3) is 0 Å². The van der Waals surface area contributed by atoms with E-state index in [1.54, 1.807) is 0 Å². The Balaban J connectivity index is 1.68. The monoisotopic (exact) mass is 512 g/mol. The predicted octanol–water partition coefficient (Wildman–Crippen LogP) is 9.00. The third-order valence-corrected chi connectivity index (χ3v) is 7.08. The molecule has 0 N–H and O–H groups in total. The summed E-state index contributed by atoms with van der Waals surface area (Å²) in [5.74, 6) is 0. The van der Waals surface area contributed by atoms with Gasteiger partial charge in [-0.1, -0.05) is 97.1 Å². The van der Waals surface area contributed by atoms with E-state index in [0.29, 0.717) is 0 Å². The summed E-state index contributed by atoms with van der Waals surface area (Å²) in [4.78, 5) is 19.8. The van der Waals surface area contributed by atoms with Crippen LogP contribution < -0.4 is 0 Å². The summed E-state index contributed by atoms with van der Waals surface area (Å²) in [7, 11) is 0. The van der Waals surface area contributed by atoms with Gasteiger partial charge in [-0.2, -0.15) is 0 Å². The van der Waals surface area contributed by atoms with Gasteiger partial charge < -0.3 is 0 Å². The lowest BCUT2D eigenvalue weighted by Gasteiger charge is -2.01. The smallest absolute Gasteiger partial charge is 0.0729 e. The average Bonchev–Trinajstić information content (AvgIpc) is 3.01. The van der Waals surface area contributed by atoms with Gasteiger partial charge in [0.2, 0.25) is 0 Å². The van der Waals surface area contributed by atoms with Gasteiger partial charge in [-0.25, -0.2) is 0 Å². The summed E-state index contributed by atoms with van der Waals surface area (Å²) in [5.41, 5.74) is 3.47. The molecule has 0 aliphatic carbocycles. The number of fused-ring (bicyclic) bond motifs is 2. The minimum absolute atomic E-state index is 0.867. The van der Waals surface area contributed by atoms with Crippen LogP contribution in [-0.4, -0.2) is 19.9 Å². The molecular weight excluding hydrogens is 488 g/mol. The molecule has 0 saturated carbocycles. The SMILES string of the molecule is c1ccc2cnc3cccc4cccc(ncc5ccccc5cnc5cccc6cccc(ncc2c1)c65)c43. The molecule has 7 aromatic rings. The van der Waals surface area contributed by atoms with E-state index in [1.165, 1.54) is 0 Å². The van der Waals surface area contributed by atoms with Gasteiger partial charge in [-0.3, -0.25) is 19.9 Å². The molecule has 6 aromatic carbocycles. The van der Waals surface area contributed by atoms with Crippen LogP contribution in [0.25, 0.3) is 65.2 Å². The van der Waals surface area contributed by atoms with Gasteiger partial charge in [0, 0.05) is 57.1 Å². The van der Waals surface area contributed by atoms with Crippen LogP contribution in [0.3, 0.4) is 0 Å². The normalized spacial score (nSPS) is 11.0. The Kier molecular flexibility index (Phi) is 6.11. The highest BCUT2D eigenvalue weighted by Crippen LogP contribution is 2.24. The maximum Gasteiger partial charge on any atom is 0.0729 e. The fraction of sp³-hybridized carbons (Fsp3) is 0. The van der Waals surface area contributed by atoms with Crippen molar-refractivity contribution in [2.75, 3.05) is 0 Å². The van der Waals surface area contributed by atoms with E-state index in [1.807, 2.05) is 97.6 Å². The minimum atomic E-state index is 0.867. The van der Waals surface area contributed by atoms with E-state index in [4.69, 9.17) is 19.9 Å². The van der Waals surface area contributed by atoms with Gasteiger partial charge in [0.1, 0.15) is 0 Å². The Labute approximate surface area is 231 Å². The van der Waals surface area contributed by atoms with Crippen molar-refractivity contribution < 1.29 is 0 Å². The lowest BCUT2D eigenvalue weighted by atomic mass is 10.1. The highest BCUT2D eigenvalue weighted by atomic mass is 14.7. The predicted molar refractivity (Wildman–Crippen MR) is 167 cm³/mol. The van der Waals surface area contributed by atoms with E-state index in [0.717, 1.165) is 65.2 Å². The van der Waals surface area contributed by atoms with Gasteiger partial charge in [0.15, 0.2) is 0 Å². The van der Waals surface area contributed by atoms with Crippen molar-refractivity contribution in [2.24, 2.45) is 0 Å². The van der Waals surface area contributed by atoms with Crippen molar-refractivity contribution in [3.05, 3.63) is 146 Å². The number of aromatic nitrogens is 4. The van der Waals surface area contributed by atoms with E-state index >= 15 is 0 Å². The van der Waals surface area contributed by atoms with Crippen molar-refractivity contribution in [1.82, 2.24) is 19.9 Å². The fourth-order valence-corrected chi connectivity index (χ4v) is 5.08. The first-order valence-corrected chi connectivity index (χ1v) is 13.2. The first-order valence-electron chi connectivity index (χ1n) is 13.2. The van der Waals surface area contributed by atoms with Crippen LogP contribution in [0.5, 0.6) is 0 Å². The Morgan fingerprint density at radius 1 is 0.250 bits per heavy atom. The average molecular weight is 513 g/mol. The van der Waals surface area contributed by atoms with Crippen molar-refractivity contribution in [3.63, 3.8) is 0 Å². The molecule has 0 radical (unpaired) electrons. The molecule has 1 heterocycles. The second-order valence-electron chi connectivity index (χ2n) is 9.60. The Morgan fingerprint density at radius 3 is 0.775 bits per heavy atom. The van der Waals surface area contributed by atoms with Gasteiger partial charge >= 0.3 is 0 Å². The molecule has 0 amide bonds. The van der Waals surface area contributed by atoms with Crippen LogP contribution in [0.4, 0.5) is 0 Å². The Hall–Kier alpha value is -5.48. The van der Waals surface area contributed by atoms with Crippen molar-refractivity contribution in [2.45, 2.75) is 0 Å². The molecule has 0 atom stereocenters. The highest BCUT2D eigenvalue weighted by molar-refractivity contribution is 6.07. The third-order valence-electron chi connectivity index (χ3n) is 7.08. The van der Waals surface area contributed by atoms with Crippen LogP contribution >= 0.6 is 0 Å². The third kappa shape index (κ3) is 4.52. The number of benzene rings is 6. The standard InChI is InChI=1S/C36H24N4/c1-2-10-28-22-38-32-18-6-15-26-16-8-20-34(36(26)32)40-24-30-12-4-3-11-29(30)23-39-33-19-7-14-25-13-5-17-31(35(25)33)37-21-27(28)9-1/h1-24H. The topological polar surface area (TPSA) is 51.6 Å². The van der Waals surface area contributed by atoms with E-state index in [-0.39, 0.29) is 0 Å². The molecule has 0 saturated heterocycles. The maximum absolute atomic E-state index is 4.95. The zero-order chi connectivity index (χ0) is 26.7. The molecule has 0 fully saturated rings. The van der Waals surface area contributed by atoms with E-state index in [9.17, 15) is 0 Å². The van der Waals surface area contributed by atoms with Crippen molar-refractivity contribution in [3.8, 4) is 0 Å². The van der Waals surface area contributed by atoms with Crippen LogP contribution in [0.1, 0.15) is 0 Å². The summed E-state index contributed by atoms with van der Waals surface area (Å²) in [6, 6.07) is 41.0. The van der Waals surface area contributed by atoms with Crippen LogP contribution in [0, 0.1) is 0 Å². The number of hydrogen-bond donors (Lipinski definition) is 0. The van der Waals surface area contributed by atoms with Crippen LogP contribution in [0.15, 0.2) is 146 Å². The molecule has 1 aromatic heterocycles.